The van der Waals surface area contributed by atoms with Crippen LogP contribution in [0.1, 0.15) is 29.4 Å². The standard InChI is InChI=1S/C15H20N2OS2/c18-14(13-6-1-2-7-16-13)17-12-5-3-4-11(10-12)15-19-8-9-20-15/h3-5,10,13,15-16H,1-2,6-9H2,(H,17,18). The Balaban J connectivity index is 1.64. The molecule has 1 aromatic carbocycles. The van der Waals surface area contributed by atoms with Crippen LogP contribution in [0, 0.1) is 0 Å². The van der Waals surface area contributed by atoms with Gasteiger partial charge in [-0.15, -0.1) is 23.5 Å². The molecule has 1 aromatic rings. The number of hydrogen-bond donors (Lipinski definition) is 2. The number of rotatable bonds is 3. The van der Waals surface area contributed by atoms with Gasteiger partial charge in [0.05, 0.1) is 10.6 Å². The summed E-state index contributed by atoms with van der Waals surface area (Å²) in [5.41, 5.74) is 2.24. The highest BCUT2D eigenvalue weighted by Gasteiger charge is 2.21. The van der Waals surface area contributed by atoms with E-state index in [-0.39, 0.29) is 11.9 Å². The van der Waals surface area contributed by atoms with Crippen molar-refractivity contribution in [3.63, 3.8) is 0 Å². The molecule has 108 valence electrons. The number of carbonyl (C=O) groups is 1. The van der Waals surface area contributed by atoms with Gasteiger partial charge in [-0.2, -0.15) is 0 Å². The molecule has 1 unspecified atom stereocenters. The molecule has 2 heterocycles. The first-order valence-corrected chi connectivity index (χ1v) is 9.30. The topological polar surface area (TPSA) is 41.1 Å². The van der Waals surface area contributed by atoms with Crippen LogP contribution in [0.4, 0.5) is 5.69 Å². The highest BCUT2D eigenvalue weighted by Crippen LogP contribution is 2.45. The van der Waals surface area contributed by atoms with Crippen molar-refractivity contribution in [2.24, 2.45) is 0 Å². The molecule has 20 heavy (non-hydrogen) atoms. The minimum absolute atomic E-state index is 0.0253. The van der Waals surface area contributed by atoms with Crippen molar-refractivity contribution in [1.29, 1.82) is 0 Å². The zero-order valence-corrected chi connectivity index (χ0v) is 13.1. The highest BCUT2D eigenvalue weighted by atomic mass is 32.2. The van der Waals surface area contributed by atoms with Crippen LogP contribution in [0.2, 0.25) is 0 Å². The third kappa shape index (κ3) is 3.51. The molecule has 0 aliphatic carbocycles. The first kappa shape index (κ1) is 14.3. The molecule has 2 fully saturated rings. The lowest BCUT2D eigenvalue weighted by molar-refractivity contribution is -0.118. The summed E-state index contributed by atoms with van der Waals surface area (Å²) in [4.78, 5) is 12.2. The maximum atomic E-state index is 12.2. The van der Waals surface area contributed by atoms with E-state index in [1.165, 1.54) is 23.5 Å². The SMILES string of the molecule is O=C(Nc1cccc(C2SCCS2)c1)C1CCCCN1. The van der Waals surface area contributed by atoms with Crippen LogP contribution in [0.5, 0.6) is 0 Å². The minimum atomic E-state index is -0.0253. The molecule has 2 aliphatic heterocycles. The van der Waals surface area contributed by atoms with Crippen molar-refractivity contribution in [1.82, 2.24) is 5.32 Å². The van der Waals surface area contributed by atoms with Crippen LogP contribution in [0.25, 0.3) is 0 Å². The Bertz CT molecular complexity index is 469. The van der Waals surface area contributed by atoms with E-state index in [0.29, 0.717) is 4.58 Å². The second-order valence-electron chi connectivity index (χ2n) is 5.19. The Labute approximate surface area is 128 Å². The predicted octanol–water partition coefficient (Wildman–Crippen LogP) is 3.25. The van der Waals surface area contributed by atoms with Gasteiger partial charge in [0.1, 0.15) is 0 Å². The van der Waals surface area contributed by atoms with Gasteiger partial charge in [0.15, 0.2) is 0 Å². The van der Waals surface area contributed by atoms with Crippen molar-refractivity contribution in [2.75, 3.05) is 23.4 Å². The van der Waals surface area contributed by atoms with Crippen molar-refractivity contribution in [3.8, 4) is 0 Å². The number of piperidine rings is 1. The van der Waals surface area contributed by atoms with Crippen molar-refractivity contribution in [2.45, 2.75) is 29.9 Å². The summed E-state index contributed by atoms with van der Waals surface area (Å²) in [6, 6.07) is 8.27. The van der Waals surface area contributed by atoms with Crippen molar-refractivity contribution < 1.29 is 4.79 Å². The summed E-state index contributed by atoms with van der Waals surface area (Å²) in [5, 5.41) is 6.34. The number of benzene rings is 1. The van der Waals surface area contributed by atoms with Crippen LogP contribution in [-0.4, -0.2) is 30.0 Å². The van der Waals surface area contributed by atoms with E-state index >= 15 is 0 Å². The lowest BCUT2D eigenvalue weighted by atomic mass is 10.0. The normalized spacial score (nSPS) is 23.7. The molecule has 0 bridgehead atoms. The smallest absolute Gasteiger partial charge is 0.241 e. The highest BCUT2D eigenvalue weighted by molar-refractivity contribution is 8.19. The van der Waals surface area contributed by atoms with Gasteiger partial charge >= 0.3 is 0 Å². The van der Waals surface area contributed by atoms with Crippen LogP contribution in [0.3, 0.4) is 0 Å². The maximum absolute atomic E-state index is 12.2. The van der Waals surface area contributed by atoms with E-state index in [2.05, 4.69) is 22.8 Å². The minimum Gasteiger partial charge on any atom is -0.325 e. The lowest BCUT2D eigenvalue weighted by Crippen LogP contribution is -2.43. The molecular weight excluding hydrogens is 288 g/mol. The van der Waals surface area contributed by atoms with Crippen LogP contribution >= 0.6 is 23.5 Å². The second kappa shape index (κ2) is 6.87. The fraction of sp³-hybridized carbons (Fsp3) is 0.533. The van der Waals surface area contributed by atoms with Gasteiger partial charge < -0.3 is 10.6 Å². The Morgan fingerprint density at radius 3 is 2.85 bits per heavy atom. The van der Waals surface area contributed by atoms with E-state index < -0.39 is 0 Å². The molecule has 0 radical (unpaired) electrons. The quantitative estimate of drug-likeness (QED) is 0.899. The maximum Gasteiger partial charge on any atom is 0.241 e. The Morgan fingerprint density at radius 1 is 1.25 bits per heavy atom. The van der Waals surface area contributed by atoms with E-state index in [1.54, 1.807) is 0 Å². The third-order valence-electron chi connectivity index (χ3n) is 3.67. The molecule has 1 amide bonds. The van der Waals surface area contributed by atoms with E-state index in [4.69, 9.17) is 0 Å². The van der Waals surface area contributed by atoms with Gasteiger partial charge in [-0.25, -0.2) is 0 Å². The molecule has 3 rings (SSSR count). The summed E-state index contributed by atoms with van der Waals surface area (Å²) < 4.78 is 0.527. The average Bonchev–Trinajstić information content (AvgIpc) is 3.03. The molecule has 1 atom stereocenters. The van der Waals surface area contributed by atoms with Crippen LogP contribution < -0.4 is 10.6 Å². The first-order valence-electron chi connectivity index (χ1n) is 7.20. The zero-order chi connectivity index (χ0) is 13.8. The Kier molecular flexibility index (Phi) is 4.91. The molecule has 5 heteroatoms. The molecule has 0 spiro atoms. The monoisotopic (exact) mass is 308 g/mol. The van der Waals surface area contributed by atoms with Crippen LogP contribution in [-0.2, 0) is 4.79 Å². The van der Waals surface area contributed by atoms with Gasteiger partial charge in [0.25, 0.3) is 0 Å². The second-order valence-corrected chi connectivity index (χ2v) is 7.92. The van der Waals surface area contributed by atoms with E-state index in [1.807, 2.05) is 35.7 Å². The van der Waals surface area contributed by atoms with E-state index in [9.17, 15) is 4.79 Å². The predicted molar refractivity (Wildman–Crippen MR) is 88.4 cm³/mol. The van der Waals surface area contributed by atoms with Crippen molar-refractivity contribution in [3.05, 3.63) is 29.8 Å². The summed E-state index contributed by atoms with van der Waals surface area (Å²) in [6.45, 7) is 0.952. The van der Waals surface area contributed by atoms with Gasteiger partial charge in [-0.05, 0) is 37.1 Å². The first-order chi connectivity index (χ1) is 9.83. The summed E-state index contributed by atoms with van der Waals surface area (Å²) in [7, 11) is 0. The average molecular weight is 308 g/mol. The number of carbonyl (C=O) groups excluding carboxylic acids is 1. The molecule has 0 aromatic heterocycles. The third-order valence-corrected chi connectivity index (χ3v) is 6.78. The summed E-state index contributed by atoms with van der Waals surface area (Å²) in [6.07, 6.45) is 3.26. The molecule has 2 aliphatic rings. The summed E-state index contributed by atoms with van der Waals surface area (Å²) >= 11 is 3.98. The number of hydrogen-bond acceptors (Lipinski definition) is 4. The zero-order valence-electron chi connectivity index (χ0n) is 11.4. The van der Waals surface area contributed by atoms with Crippen molar-refractivity contribution >= 4 is 35.1 Å². The fourth-order valence-corrected chi connectivity index (χ4v) is 5.46. The number of anilines is 1. The van der Waals surface area contributed by atoms with E-state index in [0.717, 1.165) is 25.1 Å². The molecular formula is C15H20N2OS2. The number of nitrogens with one attached hydrogen (secondary N) is 2. The summed E-state index contributed by atoms with van der Waals surface area (Å²) in [5.74, 6) is 2.55. The molecule has 2 saturated heterocycles. The van der Waals surface area contributed by atoms with Gasteiger partial charge in [0.2, 0.25) is 5.91 Å². The lowest BCUT2D eigenvalue weighted by Gasteiger charge is -2.22. The molecule has 0 saturated carbocycles. The Hall–Kier alpha value is -0.650. The van der Waals surface area contributed by atoms with Gasteiger partial charge in [0, 0.05) is 17.2 Å². The number of thioether (sulfide) groups is 2. The van der Waals surface area contributed by atoms with Gasteiger partial charge in [-0.3, -0.25) is 4.79 Å². The Morgan fingerprint density at radius 2 is 2.10 bits per heavy atom. The fourth-order valence-electron chi connectivity index (χ4n) is 2.62. The van der Waals surface area contributed by atoms with Gasteiger partial charge in [-0.1, -0.05) is 18.6 Å². The molecule has 2 N–H and O–H groups in total. The van der Waals surface area contributed by atoms with Crippen LogP contribution in [0.15, 0.2) is 24.3 Å². The largest absolute Gasteiger partial charge is 0.325 e. The number of amides is 1. The molecule has 3 nitrogen and oxygen atoms in total.